The average Bonchev–Trinajstić information content (AvgIpc) is 2.67. The summed E-state index contributed by atoms with van der Waals surface area (Å²) in [6, 6.07) is 0. The van der Waals surface area contributed by atoms with Crippen LogP contribution in [0.1, 0.15) is 19.3 Å². The van der Waals surface area contributed by atoms with Crippen molar-refractivity contribution in [1.82, 2.24) is 10.2 Å². The molecule has 0 aromatic heterocycles. The molecule has 1 atom stereocenters. The van der Waals surface area contributed by atoms with Gasteiger partial charge in [-0.3, -0.25) is 4.79 Å². The summed E-state index contributed by atoms with van der Waals surface area (Å²) in [5.41, 5.74) is 0. The van der Waals surface area contributed by atoms with Gasteiger partial charge >= 0.3 is 0 Å². The first-order valence-electron chi connectivity index (χ1n) is 5.46. The second-order valence-electron chi connectivity index (χ2n) is 4.41. The van der Waals surface area contributed by atoms with E-state index in [4.69, 9.17) is 0 Å². The molecule has 0 spiro atoms. The first-order chi connectivity index (χ1) is 7.08. The van der Waals surface area contributed by atoms with Crippen LogP contribution in [-0.2, 0) is 4.79 Å². The monoisotopic (exact) mass is 218 g/mol. The van der Waals surface area contributed by atoms with Gasteiger partial charge in [-0.25, -0.2) is 8.78 Å². The van der Waals surface area contributed by atoms with Gasteiger partial charge in [0.1, 0.15) is 0 Å². The third-order valence-electron chi connectivity index (χ3n) is 3.11. The number of hydrogen-bond donors (Lipinski definition) is 1. The quantitative estimate of drug-likeness (QED) is 0.707. The van der Waals surface area contributed by atoms with Gasteiger partial charge in [0, 0.05) is 19.5 Å². The molecule has 0 aromatic carbocycles. The van der Waals surface area contributed by atoms with Gasteiger partial charge in [0.15, 0.2) is 0 Å². The van der Waals surface area contributed by atoms with Crippen LogP contribution in [0, 0.1) is 5.92 Å². The van der Waals surface area contributed by atoms with E-state index >= 15 is 0 Å². The number of alkyl halides is 2. The third-order valence-corrected chi connectivity index (χ3v) is 3.11. The molecule has 0 radical (unpaired) electrons. The third kappa shape index (κ3) is 2.45. The van der Waals surface area contributed by atoms with E-state index in [2.05, 4.69) is 5.32 Å². The number of carbonyl (C=O) groups is 1. The standard InChI is InChI=1S/C10H16F2N2O/c11-10(12)3-1-5-14(7-10)9(15)8-2-4-13-6-8/h8,13H,1-7H2/t8-/m0/s1. The molecule has 0 aliphatic carbocycles. The van der Waals surface area contributed by atoms with Gasteiger partial charge in [0.05, 0.1) is 12.5 Å². The van der Waals surface area contributed by atoms with Gasteiger partial charge in [0.2, 0.25) is 5.91 Å². The number of nitrogens with zero attached hydrogens (tertiary/aromatic N) is 1. The number of piperidine rings is 1. The predicted molar refractivity (Wildman–Crippen MR) is 51.7 cm³/mol. The van der Waals surface area contributed by atoms with E-state index in [1.54, 1.807) is 0 Å². The highest BCUT2D eigenvalue weighted by molar-refractivity contribution is 5.79. The molecule has 2 aliphatic heterocycles. The second-order valence-corrected chi connectivity index (χ2v) is 4.41. The summed E-state index contributed by atoms with van der Waals surface area (Å²) < 4.78 is 26.2. The van der Waals surface area contributed by atoms with Crippen molar-refractivity contribution in [2.75, 3.05) is 26.2 Å². The molecule has 2 fully saturated rings. The number of hydrogen-bond acceptors (Lipinski definition) is 2. The van der Waals surface area contributed by atoms with Crippen molar-refractivity contribution in [3.05, 3.63) is 0 Å². The van der Waals surface area contributed by atoms with Crippen LogP contribution in [0.3, 0.4) is 0 Å². The Labute approximate surface area is 87.8 Å². The molecule has 2 heterocycles. The van der Waals surface area contributed by atoms with E-state index in [-0.39, 0.29) is 24.8 Å². The van der Waals surface area contributed by atoms with E-state index in [1.165, 1.54) is 4.90 Å². The molecule has 0 aromatic rings. The zero-order chi connectivity index (χ0) is 10.9. The first kappa shape index (κ1) is 10.8. The van der Waals surface area contributed by atoms with Crippen molar-refractivity contribution in [2.45, 2.75) is 25.2 Å². The number of amides is 1. The Morgan fingerprint density at radius 3 is 2.87 bits per heavy atom. The van der Waals surface area contributed by atoms with Crippen LogP contribution in [0.4, 0.5) is 8.78 Å². The maximum Gasteiger partial charge on any atom is 0.265 e. The van der Waals surface area contributed by atoms with E-state index in [9.17, 15) is 13.6 Å². The molecular weight excluding hydrogens is 202 g/mol. The number of nitrogens with one attached hydrogen (secondary N) is 1. The fourth-order valence-corrected chi connectivity index (χ4v) is 2.28. The fraction of sp³-hybridized carbons (Fsp3) is 0.900. The molecule has 15 heavy (non-hydrogen) atoms. The highest BCUT2D eigenvalue weighted by Gasteiger charge is 2.39. The van der Waals surface area contributed by atoms with Crippen LogP contribution >= 0.6 is 0 Å². The molecule has 2 saturated heterocycles. The molecule has 5 heteroatoms. The summed E-state index contributed by atoms with van der Waals surface area (Å²) in [4.78, 5) is 13.2. The summed E-state index contributed by atoms with van der Waals surface area (Å²) in [7, 11) is 0. The summed E-state index contributed by atoms with van der Waals surface area (Å²) in [5.74, 6) is -2.86. The molecule has 1 N–H and O–H groups in total. The lowest BCUT2D eigenvalue weighted by atomic mass is 10.0. The highest BCUT2D eigenvalue weighted by Crippen LogP contribution is 2.27. The lowest BCUT2D eigenvalue weighted by Gasteiger charge is -2.33. The largest absolute Gasteiger partial charge is 0.336 e. The number of rotatable bonds is 1. The Balaban J connectivity index is 1.94. The Morgan fingerprint density at radius 2 is 2.27 bits per heavy atom. The SMILES string of the molecule is O=C([C@H]1CCNC1)N1CCCC(F)(F)C1. The van der Waals surface area contributed by atoms with Crippen LogP contribution in [0.15, 0.2) is 0 Å². The van der Waals surface area contributed by atoms with Crippen LogP contribution in [0.25, 0.3) is 0 Å². The summed E-state index contributed by atoms with van der Waals surface area (Å²) in [6.45, 7) is 1.56. The summed E-state index contributed by atoms with van der Waals surface area (Å²) >= 11 is 0. The van der Waals surface area contributed by atoms with Crippen molar-refractivity contribution in [3.63, 3.8) is 0 Å². The molecule has 86 valence electrons. The molecule has 2 rings (SSSR count). The molecule has 0 unspecified atom stereocenters. The fourth-order valence-electron chi connectivity index (χ4n) is 2.28. The molecule has 2 aliphatic rings. The number of carbonyl (C=O) groups excluding carboxylic acids is 1. The zero-order valence-electron chi connectivity index (χ0n) is 8.64. The minimum atomic E-state index is -2.68. The van der Waals surface area contributed by atoms with Gasteiger partial charge in [-0.1, -0.05) is 0 Å². The van der Waals surface area contributed by atoms with Crippen molar-refractivity contribution in [3.8, 4) is 0 Å². The van der Waals surface area contributed by atoms with Gasteiger partial charge in [-0.05, 0) is 19.4 Å². The Hall–Kier alpha value is -0.710. The van der Waals surface area contributed by atoms with Crippen LogP contribution in [0.5, 0.6) is 0 Å². The average molecular weight is 218 g/mol. The smallest absolute Gasteiger partial charge is 0.265 e. The van der Waals surface area contributed by atoms with Crippen molar-refractivity contribution < 1.29 is 13.6 Å². The number of likely N-dealkylation sites (tertiary alicyclic amines) is 1. The van der Waals surface area contributed by atoms with Gasteiger partial charge in [0.25, 0.3) is 5.92 Å². The lowest BCUT2D eigenvalue weighted by molar-refractivity contribution is -0.145. The molecule has 3 nitrogen and oxygen atoms in total. The van der Waals surface area contributed by atoms with Crippen LogP contribution in [0.2, 0.25) is 0 Å². The van der Waals surface area contributed by atoms with Crippen LogP contribution in [-0.4, -0.2) is 42.9 Å². The summed E-state index contributed by atoms with van der Waals surface area (Å²) in [6.07, 6.45) is 1.11. The van der Waals surface area contributed by atoms with E-state index in [0.29, 0.717) is 19.5 Å². The minimum Gasteiger partial charge on any atom is -0.336 e. The van der Waals surface area contributed by atoms with Crippen molar-refractivity contribution >= 4 is 5.91 Å². The minimum absolute atomic E-state index is 0.0836. The predicted octanol–water partition coefficient (Wildman–Crippen LogP) is 0.854. The highest BCUT2D eigenvalue weighted by atomic mass is 19.3. The van der Waals surface area contributed by atoms with E-state index in [1.807, 2.05) is 0 Å². The van der Waals surface area contributed by atoms with E-state index < -0.39 is 5.92 Å². The Bertz CT molecular complexity index is 252. The normalized spacial score (nSPS) is 30.5. The topological polar surface area (TPSA) is 32.3 Å². The molecule has 0 saturated carbocycles. The molecular formula is C10H16F2N2O. The van der Waals surface area contributed by atoms with Gasteiger partial charge in [-0.2, -0.15) is 0 Å². The first-order valence-corrected chi connectivity index (χ1v) is 5.46. The second kappa shape index (κ2) is 4.04. The zero-order valence-corrected chi connectivity index (χ0v) is 8.64. The van der Waals surface area contributed by atoms with Crippen LogP contribution < -0.4 is 5.32 Å². The van der Waals surface area contributed by atoms with Crippen molar-refractivity contribution in [1.29, 1.82) is 0 Å². The van der Waals surface area contributed by atoms with Gasteiger partial charge in [-0.15, -0.1) is 0 Å². The van der Waals surface area contributed by atoms with Gasteiger partial charge < -0.3 is 10.2 Å². The van der Waals surface area contributed by atoms with Crippen molar-refractivity contribution in [2.24, 2.45) is 5.92 Å². The maximum absolute atomic E-state index is 13.1. The lowest BCUT2D eigenvalue weighted by Crippen LogP contribution is -2.48. The molecule has 0 bridgehead atoms. The Kier molecular flexibility index (Phi) is 2.91. The molecule has 1 amide bonds. The Morgan fingerprint density at radius 1 is 1.47 bits per heavy atom. The number of halogens is 2. The van der Waals surface area contributed by atoms with E-state index in [0.717, 1.165) is 13.0 Å². The summed E-state index contributed by atoms with van der Waals surface area (Å²) in [5, 5.41) is 3.08. The maximum atomic E-state index is 13.1.